The Balaban J connectivity index is 0. The molecule has 0 amide bonds. The van der Waals surface area contributed by atoms with Crippen molar-refractivity contribution in [3.63, 3.8) is 0 Å². The first-order valence-corrected chi connectivity index (χ1v) is 7.09. The highest BCUT2D eigenvalue weighted by Gasteiger charge is 2.38. The van der Waals surface area contributed by atoms with Gasteiger partial charge in [-0.1, -0.05) is 0 Å². The second-order valence-corrected chi connectivity index (χ2v) is 5.82. The first-order valence-electron chi connectivity index (χ1n) is 2.54. The predicted octanol–water partition coefficient (Wildman–Crippen LogP) is -1.36. The molecule has 0 aromatic carbocycles. The third-order valence-corrected chi connectivity index (χ3v) is 3.77. The van der Waals surface area contributed by atoms with E-state index in [1.807, 2.05) is 0 Å². The van der Waals surface area contributed by atoms with E-state index in [2.05, 4.69) is 14.5 Å². The maximum atomic E-state index is 10.4. The van der Waals surface area contributed by atoms with E-state index in [1.54, 1.807) is 0 Å². The van der Waals surface area contributed by atoms with E-state index in [0.29, 0.717) is 0 Å². The average molecular weight is 291 g/mol. The molecule has 0 unspecified atom stereocenters. The fourth-order valence-corrected chi connectivity index (χ4v) is 2.82. The topological polar surface area (TPSA) is 217 Å². The molecule has 0 heterocycles. The van der Waals surface area contributed by atoms with E-state index in [9.17, 15) is 13.7 Å². The van der Waals surface area contributed by atoms with Crippen LogP contribution in [0.4, 0.5) is 0 Å². The summed E-state index contributed by atoms with van der Waals surface area (Å²) in [6, 6.07) is 0. The molecule has 15 heteroatoms. The van der Waals surface area contributed by atoms with Gasteiger partial charge in [-0.3, -0.25) is 0 Å². The zero-order chi connectivity index (χ0) is 12.9. The summed E-state index contributed by atoms with van der Waals surface area (Å²) in [5.74, 6) is 3.50. The Morgan fingerprint density at radius 3 is 1.07 bits per heavy atom. The van der Waals surface area contributed by atoms with Crippen LogP contribution in [-0.4, -0.2) is 29.7 Å². The third kappa shape index (κ3) is 14.3. The number of hydrogen-bond donors (Lipinski definition) is 7. The highest BCUT2D eigenvalue weighted by atomic mass is 31.3. The second-order valence-electron chi connectivity index (χ2n) is 1.61. The second kappa shape index (κ2) is 6.16. The molecule has 0 saturated carbocycles. The van der Waals surface area contributed by atoms with Crippen molar-refractivity contribution in [2.24, 2.45) is 5.90 Å². The Morgan fingerprint density at radius 2 is 0.933 bits per heavy atom. The van der Waals surface area contributed by atoms with Crippen LogP contribution in [0.5, 0.6) is 0 Å². The Kier molecular flexibility index (Phi) is 7.28. The first kappa shape index (κ1) is 17.7. The van der Waals surface area contributed by atoms with Crippen LogP contribution < -0.4 is 5.90 Å². The van der Waals surface area contributed by atoms with Crippen LogP contribution in [0, 0.1) is 0 Å². The third-order valence-electron chi connectivity index (χ3n) is 0.419. The summed E-state index contributed by atoms with van der Waals surface area (Å²) in [4.78, 5) is 40.2. The van der Waals surface area contributed by atoms with Crippen molar-refractivity contribution in [2.75, 3.05) is 0 Å². The summed E-state index contributed by atoms with van der Waals surface area (Å²) < 4.78 is 36.4. The van der Waals surface area contributed by atoms with Crippen LogP contribution in [0.1, 0.15) is 0 Å². The number of hydrogen-bond acceptors (Lipinski definition) is 7. The summed E-state index contributed by atoms with van der Waals surface area (Å²) in [6.07, 6.45) is 0. The van der Waals surface area contributed by atoms with Gasteiger partial charge in [-0.25, -0.2) is 19.6 Å². The van der Waals surface area contributed by atoms with Gasteiger partial charge >= 0.3 is 23.5 Å². The maximum Gasteiger partial charge on any atom is 0.490 e. The van der Waals surface area contributed by atoms with Crippen molar-refractivity contribution in [2.45, 2.75) is 0 Å². The Bertz CT molecular complexity index is 278. The molecule has 0 aliphatic carbocycles. The van der Waals surface area contributed by atoms with E-state index in [4.69, 9.17) is 29.7 Å². The van der Waals surface area contributed by atoms with Crippen molar-refractivity contribution in [3.8, 4) is 0 Å². The molecule has 0 aliphatic rings. The van der Waals surface area contributed by atoms with Gasteiger partial charge in [0.25, 0.3) is 0 Å². The lowest BCUT2D eigenvalue weighted by atomic mass is 13.6. The summed E-state index contributed by atoms with van der Waals surface area (Å²) in [7, 11) is -16.2. The minimum absolute atomic E-state index is 3.06. The van der Waals surface area contributed by atoms with Crippen LogP contribution in [-0.2, 0) is 22.3 Å². The van der Waals surface area contributed by atoms with E-state index in [-0.39, 0.29) is 0 Å². The molecule has 0 rings (SSSR count). The van der Waals surface area contributed by atoms with Crippen LogP contribution in [0.15, 0.2) is 0 Å². The van der Waals surface area contributed by atoms with Crippen LogP contribution >= 0.6 is 23.5 Å². The van der Waals surface area contributed by atoms with Crippen molar-refractivity contribution in [1.82, 2.24) is 0 Å². The van der Waals surface area contributed by atoms with Crippen LogP contribution in [0.3, 0.4) is 0 Å². The molecule has 0 fully saturated rings. The van der Waals surface area contributed by atoms with Gasteiger partial charge in [0.15, 0.2) is 0 Å². The fraction of sp³-hybridized carbons (Fsp3) is 0. The Hall–Kier alpha value is 0.330. The summed E-state index contributed by atoms with van der Waals surface area (Å²) in [6.45, 7) is 0. The molecule has 0 aromatic heterocycles. The number of phosphoric acid groups is 3. The Labute approximate surface area is 82.3 Å². The van der Waals surface area contributed by atoms with E-state index >= 15 is 0 Å². The smallest absolute Gasteiger partial charge is 0.320 e. The molecule has 0 spiro atoms. The van der Waals surface area contributed by atoms with Crippen molar-refractivity contribution in [1.29, 1.82) is 0 Å². The van der Waals surface area contributed by atoms with E-state index in [1.165, 1.54) is 0 Å². The summed E-state index contributed by atoms with van der Waals surface area (Å²) in [5, 5.41) is 6.50. The van der Waals surface area contributed by atoms with Crippen molar-refractivity contribution < 1.29 is 52.0 Å². The van der Waals surface area contributed by atoms with Crippen molar-refractivity contribution >= 4 is 23.5 Å². The molecule has 0 aromatic rings. The summed E-state index contributed by atoms with van der Waals surface area (Å²) >= 11 is 0. The number of nitrogens with two attached hydrogens (primary N) is 1. The molecule has 0 aliphatic heterocycles. The van der Waals surface area contributed by atoms with Crippen LogP contribution in [0.25, 0.3) is 0 Å². The lowest BCUT2D eigenvalue weighted by Crippen LogP contribution is -1.91. The van der Waals surface area contributed by atoms with Gasteiger partial charge in [0.05, 0.1) is 0 Å². The predicted molar refractivity (Wildman–Crippen MR) is 42.1 cm³/mol. The van der Waals surface area contributed by atoms with Gasteiger partial charge in [-0.15, -0.1) is 0 Å². The fourth-order valence-electron chi connectivity index (χ4n) is 0.284. The van der Waals surface area contributed by atoms with Gasteiger partial charge in [0.1, 0.15) is 0 Å². The SMILES string of the molecule is NO.O=P(O)(O)OP(=O)(O)OP(=O)(O)O. The highest BCUT2D eigenvalue weighted by molar-refractivity contribution is 7.66. The van der Waals surface area contributed by atoms with E-state index in [0.717, 1.165) is 0 Å². The van der Waals surface area contributed by atoms with Gasteiger partial charge in [-0.05, 0) is 0 Å². The molecular weight excluding hydrogens is 283 g/mol. The van der Waals surface area contributed by atoms with Gasteiger partial charge < -0.3 is 29.7 Å². The molecule has 12 nitrogen and oxygen atoms in total. The molecule has 15 heavy (non-hydrogen) atoms. The molecule has 0 bridgehead atoms. The van der Waals surface area contributed by atoms with Gasteiger partial charge in [0.2, 0.25) is 0 Å². The average Bonchev–Trinajstić information content (AvgIpc) is 1.79. The minimum atomic E-state index is -5.46. The standard InChI is InChI=1S/H3NO.H5O10P3/c1-2;1-11(2,3)9-13(7,8)10-12(4,5)6/h2H,1H2;(H,7,8)(H2,1,2,3)(H2,4,5,6). The first-order chi connectivity index (χ1) is 6.41. The zero-order valence-corrected chi connectivity index (χ0v) is 9.33. The largest absolute Gasteiger partial charge is 0.490 e. The van der Waals surface area contributed by atoms with Crippen LogP contribution in [0.2, 0.25) is 0 Å². The Morgan fingerprint density at radius 1 is 0.733 bits per heavy atom. The molecule has 8 N–H and O–H groups in total. The molecule has 94 valence electrons. The highest BCUT2D eigenvalue weighted by Crippen LogP contribution is 2.64. The maximum absolute atomic E-state index is 10.4. The molecule has 0 radical (unpaired) electrons. The quantitative estimate of drug-likeness (QED) is 0.236. The number of rotatable bonds is 4. The molecule has 0 atom stereocenters. The summed E-state index contributed by atoms with van der Waals surface area (Å²) in [5.41, 5.74) is 0. The van der Waals surface area contributed by atoms with E-state index < -0.39 is 23.5 Å². The van der Waals surface area contributed by atoms with Crippen molar-refractivity contribution in [3.05, 3.63) is 0 Å². The van der Waals surface area contributed by atoms with Gasteiger partial charge in [-0.2, -0.15) is 8.62 Å². The molecular formula is H8NO11P3. The minimum Gasteiger partial charge on any atom is -0.320 e. The lowest BCUT2D eigenvalue weighted by Gasteiger charge is -2.11. The van der Waals surface area contributed by atoms with Gasteiger partial charge in [0, 0.05) is 0 Å². The lowest BCUT2D eigenvalue weighted by molar-refractivity contribution is 0.204. The molecule has 0 saturated heterocycles. The monoisotopic (exact) mass is 291 g/mol. The zero-order valence-electron chi connectivity index (χ0n) is 6.64. The normalized spacial score (nSPS) is 13.0.